The fraction of sp³-hybridized carbons (Fsp3) is 0.333. The number of hydrogen-bond donors (Lipinski definition) is 1. The van der Waals surface area contributed by atoms with Crippen molar-refractivity contribution in [1.29, 1.82) is 0 Å². The van der Waals surface area contributed by atoms with Crippen molar-refractivity contribution in [2.75, 3.05) is 0 Å². The van der Waals surface area contributed by atoms with Gasteiger partial charge in [0, 0.05) is 37.0 Å². The Morgan fingerprint density at radius 1 is 0.905 bits per heavy atom. The van der Waals surface area contributed by atoms with Crippen molar-refractivity contribution in [1.82, 2.24) is 4.98 Å². The van der Waals surface area contributed by atoms with Crippen LogP contribution in [-0.2, 0) is 24.9 Å². The number of allylic oxidation sites excluding steroid dienone is 2. The van der Waals surface area contributed by atoms with E-state index in [1.807, 2.05) is 58.9 Å². The molecular weight excluding hydrogens is 782 g/mol. The Labute approximate surface area is 272 Å². The number of benzene rings is 3. The predicted molar refractivity (Wildman–Crippen MR) is 179 cm³/mol. The number of aromatic nitrogens is 1. The van der Waals surface area contributed by atoms with Gasteiger partial charge in [0.15, 0.2) is 5.78 Å². The van der Waals surface area contributed by atoms with Crippen LogP contribution in [0.3, 0.4) is 0 Å². The average molecular weight is 820 g/mol. The predicted octanol–water partition coefficient (Wildman–Crippen LogP) is 10.4. The van der Waals surface area contributed by atoms with E-state index < -0.39 is 0 Å². The summed E-state index contributed by atoms with van der Waals surface area (Å²) in [6.45, 7) is 12.1. The number of hydrogen-bond acceptors (Lipinski definition) is 4. The minimum absolute atomic E-state index is 0. The second-order valence-electron chi connectivity index (χ2n) is 11.4. The molecule has 0 amide bonds. The molecule has 3 heterocycles. The molecule has 6 heteroatoms. The first kappa shape index (κ1) is 32.6. The number of rotatable bonds is 7. The standard InChI is InChI=1S/C21H10NSSe.C15H28O2.Ir/c1-2-7-14-12(5-1)11-18-21(22-14)13-6-3-8-15-19(13)20-16(23-15)9-4-10-17(20)24-18;1-7-14(5,8-2)12(16)11-13(17)15(6,9-3)10-4;/h1-5,7-11H;11,16H,7-10H2,1-6H3;/q-1;;/b;12-11-;. The van der Waals surface area contributed by atoms with Crippen molar-refractivity contribution in [2.24, 2.45) is 10.8 Å². The van der Waals surface area contributed by atoms with Crippen molar-refractivity contribution >= 4 is 82.1 Å². The van der Waals surface area contributed by atoms with Gasteiger partial charge in [0.25, 0.3) is 0 Å². The normalized spacial score (nSPS) is 12.6. The quantitative estimate of drug-likeness (QED) is 0.0756. The molecule has 1 radical (unpaired) electrons. The van der Waals surface area contributed by atoms with Crippen molar-refractivity contribution in [3.63, 3.8) is 0 Å². The van der Waals surface area contributed by atoms with Gasteiger partial charge in [-0.15, -0.1) is 0 Å². The fourth-order valence-corrected chi connectivity index (χ4v) is 8.85. The van der Waals surface area contributed by atoms with Crippen LogP contribution < -0.4 is 0 Å². The molecule has 3 aromatic heterocycles. The van der Waals surface area contributed by atoms with Gasteiger partial charge in [0.2, 0.25) is 0 Å². The Bertz CT molecular complexity index is 1910. The number of aliphatic hydroxyl groups is 1. The molecule has 42 heavy (non-hydrogen) atoms. The molecule has 221 valence electrons. The number of ketones is 1. The molecule has 0 aliphatic rings. The molecule has 0 bridgehead atoms. The van der Waals surface area contributed by atoms with Gasteiger partial charge in [-0.25, -0.2) is 0 Å². The number of fused-ring (bicyclic) bond motifs is 3. The zero-order valence-electron chi connectivity index (χ0n) is 25.1. The molecule has 3 aromatic carbocycles. The maximum atomic E-state index is 12.2. The SMILES string of the molecule is CCC(C)(CC)C(=O)/C=C(\O)C(C)(CC)CC.[Ir].[c-]1ccc2sc3cccc4[se]c5cc6ccccc6nc5c1c2c34. The summed E-state index contributed by atoms with van der Waals surface area (Å²) in [5.74, 6) is 0.286. The van der Waals surface area contributed by atoms with E-state index in [0.29, 0.717) is 0 Å². The first-order chi connectivity index (χ1) is 19.7. The Kier molecular flexibility index (Phi) is 10.2. The first-order valence-corrected chi connectivity index (χ1v) is 17.1. The third-order valence-electron chi connectivity index (χ3n) is 9.16. The zero-order valence-corrected chi connectivity index (χ0v) is 30.1. The number of carbonyl (C=O) groups excluding carboxylic acids is 1. The second kappa shape index (κ2) is 13.1. The summed E-state index contributed by atoms with van der Waals surface area (Å²) in [6.07, 6.45) is 4.75. The molecule has 0 aliphatic carbocycles. The van der Waals surface area contributed by atoms with E-state index in [4.69, 9.17) is 4.98 Å². The van der Waals surface area contributed by atoms with Crippen LogP contribution in [0.2, 0.25) is 0 Å². The average Bonchev–Trinajstić information content (AvgIpc) is 3.33. The van der Waals surface area contributed by atoms with Gasteiger partial charge in [-0.3, -0.25) is 4.79 Å². The molecule has 0 unspecified atom stereocenters. The number of carbonyl (C=O) groups is 1. The van der Waals surface area contributed by atoms with Crippen LogP contribution in [-0.4, -0.2) is 30.4 Å². The van der Waals surface area contributed by atoms with Crippen LogP contribution >= 0.6 is 11.3 Å². The van der Waals surface area contributed by atoms with Crippen molar-refractivity contribution in [2.45, 2.75) is 67.2 Å². The number of thiophene rings is 1. The summed E-state index contributed by atoms with van der Waals surface area (Å²) < 4.78 is 5.54. The molecule has 6 aromatic rings. The van der Waals surface area contributed by atoms with Crippen LogP contribution in [0.4, 0.5) is 0 Å². The third kappa shape index (κ3) is 5.90. The van der Waals surface area contributed by atoms with Gasteiger partial charge in [0.1, 0.15) is 5.76 Å². The molecule has 0 atom stereocenters. The van der Waals surface area contributed by atoms with Crippen LogP contribution in [0.15, 0.2) is 72.5 Å². The first-order valence-electron chi connectivity index (χ1n) is 14.6. The summed E-state index contributed by atoms with van der Waals surface area (Å²) in [4.78, 5) is 17.2. The van der Waals surface area contributed by atoms with E-state index >= 15 is 0 Å². The van der Waals surface area contributed by atoms with Crippen molar-refractivity contribution < 1.29 is 30.0 Å². The summed E-state index contributed by atoms with van der Waals surface area (Å²) in [5.41, 5.74) is 1.58. The Morgan fingerprint density at radius 2 is 1.57 bits per heavy atom. The monoisotopic (exact) mass is 821 g/mol. The molecule has 0 saturated heterocycles. The topological polar surface area (TPSA) is 50.2 Å². The van der Waals surface area contributed by atoms with Gasteiger partial charge in [-0.1, -0.05) is 41.5 Å². The number of aliphatic hydroxyl groups excluding tert-OH is 1. The Balaban J connectivity index is 0.000000203. The van der Waals surface area contributed by atoms with Crippen molar-refractivity contribution in [3.8, 4) is 0 Å². The number of para-hydroxylation sites is 1. The number of pyridine rings is 1. The summed E-state index contributed by atoms with van der Waals surface area (Å²) in [6, 6.07) is 25.2. The summed E-state index contributed by atoms with van der Waals surface area (Å²) in [5, 5.41) is 15.3. The van der Waals surface area contributed by atoms with E-state index in [0.717, 1.165) is 36.7 Å². The van der Waals surface area contributed by atoms with Gasteiger partial charge in [-0.2, -0.15) is 0 Å². The molecule has 6 rings (SSSR count). The molecule has 0 fully saturated rings. The maximum absolute atomic E-state index is 12.2. The van der Waals surface area contributed by atoms with Crippen LogP contribution in [0, 0.1) is 16.9 Å². The molecule has 0 aliphatic heterocycles. The summed E-state index contributed by atoms with van der Waals surface area (Å²) >= 11 is 2.14. The molecular formula is C36H38IrNO2SSe-. The zero-order chi connectivity index (χ0) is 29.4. The minimum atomic E-state index is -0.337. The molecule has 3 nitrogen and oxygen atoms in total. The van der Waals surface area contributed by atoms with Crippen LogP contribution in [0.5, 0.6) is 0 Å². The van der Waals surface area contributed by atoms with E-state index in [1.165, 1.54) is 45.5 Å². The van der Waals surface area contributed by atoms with Crippen LogP contribution in [0.25, 0.3) is 50.5 Å². The van der Waals surface area contributed by atoms with Gasteiger partial charge in [0.05, 0.1) is 0 Å². The van der Waals surface area contributed by atoms with E-state index in [-0.39, 0.29) is 57.0 Å². The van der Waals surface area contributed by atoms with E-state index in [1.54, 1.807) is 0 Å². The second-order valence-corrected chi connectivity index (χ2v) is 14.7. The molecule has 1 N–H and O–H groups in total. The third-order valence-corrected chi connectivity index (χ3v) is 12.6. The Hall–Kier alpha value is -2.33. The van der Waals surface area contributed by atoms with Gasteiger partial charge < -0.3 is 5.11 Å². The Morgan fingerprint density at radius 3 is 2.26 bits per heavy atom. The number of nitrogens with zero attached hydrogens (tertiary/aromatic N) is 1. The molecule has 0 spiro atoms. The molecule has 0 saturated carbocycles. The van der Waals surface area contributed by atoms with Crippen LogP contribution in [0.1, 0.15) is 67.2 Å². The van der Waals surface area contributed by atoms with E-state index in [9.17, 15) is 9.90 Å². The van der Waals surface area contributed by atoms with Gasteiger partial charge in [-0.05, 0) is 25.7 Å². The fourth-order valence-electron chi connectivity index (χ4n) is 5.20. The van der Waals surface area contributed by atoms with Gasteiger partial charge >= 0.3 is 148 Å². The van der Waals surface area contributed by atoms with Crippen molar-refractivity contribution in [3.05, 3.63) is 78.6 Å². The van der Waals surface area contributed by atoms with E-state index in [2.05, 4.69) is 60.7 Å². The summed E-state index contributed by atoms with van der Waals surface area (Å²) in [7, 11) is 0.